The molecule has 0 spiro atoms. The van der Waals surface area contributed by atoms with E-state index in [-0.39, 0.29) is 22.6 Å². The molecule has 0 bridgehead atoms. The van der Waals surface area contributed by atoms with Crippen LogP contribution in [-0.2, 0) is 5.41 Å². The van der Waals surface area contributed by atoms with E-state index in [2.05, 4.69) is 10.5 Å². The number of amides is 1. The molecule has 0 unspecified atom stereocenters. The van der Waals surface area contributed by atoms with Gasteiger partial charge in [-0.05, 0) is 20.8 Å². The molecule has 1 rings (SSSR count). The van der Waals surface area contributed by atoms with Gasteiger partial charge in [0.2, 0.25) is 5.76 Å². The van der Waals surface area contributed by atoms with Crippen LogP contribution in [0.15, 0.2) is 10.6 Å². The molecule has 0 fully saturated rings. The molecule has 4 heteroatoms. The van der Waals surface area contributed by atoms with Crippen molar-refractivity contribution in [2.24, 2.45) is 0 Å². The normalized spacial score (nSPS) is 12.6. The first kappa shape index (κ1) is 12.7. The first-order valence-electron chi connectivity index (χ1n) is 5.39. The van der Waals surface area contributed by atoms with Gasteiger partial charge in [-0.3, -0.25) is 4.79 Å². The smallest absolute Gasteiger partial charge is 0.290 e. The standard InChI is InChI=1S/C12H20N2O2/c1-11(2,3)9-7-8(16-14-9)10(15)13-12(4,5)6/h7H,1-6H3,(H,13,15). The third-order valence-corrected chi connectivity index (χ3v) is 1.99. The van der Waals surface area contributed by atoms with Crippen molar-refractivity contribution in [1.82, 2.24) is 10.5 Å². The lowest BCUT2D eigenvalue weighted by atomic mass is 9.92. The molecule has 0 aliphatic carbocycles. The molecule has 0 saturated heterocycles. The fourth-order valence-corrected chi connectivity index (χ4v) is 1.14. The lowest BCUT2D eigenvalue weighted by Crippen LogP contribution is -2.40. The summed E-state index contributed by atoms with van der Waals surface area (Å²) in [6.45, 7) is 11.8. The highest BCUT2D eigenvalue weighted by atomic mass is 16.5. The Morgan fingerprint density at radius 2 is 1.81 bits per heavy atom. The molecule has 1 aromatic rings. The number of carbonyl (C=O) groups excluding carboxylic acids is 1. The average molecular weight is 224 g/mol. The largest absolute Gasteiger partial charge is 0.351 e. The van der Waals surface area contributed by atoms with Crippen LogP contribution in [-0.4, -0.2) is 16.6 Å². The maximum atomic E-state index is 11.8. The van der Waals surface area contributed by atoms with Gasteiger partial charge < -0.3 is 9.84 Å². The maximum Gasteiger partial charge on any atom is 0.290 e. The minimum Gasteiger partial charge on any atom is -0.351 e. The third kappa shape index (κ3) is 3.36. The number of carbonyl (C=O) groups is 1. The molecule has 0 atom stereocenters. The van der Waals surface area contributed by atoms with Crippen molar-refractivity contribution in [3.8, 4) is 0 Å². The van der Waals surface area contributed by atoms with E-state index in [0.717, 1.165) is 5.69 Å². The summed E-state index contributed by atoms with van der Waals surface area (Å²) in [5, 5.41) is 6.73. The van der Waals surface area contributed by atoms with Crippen molar-refractivity contribution >= 4 is 5.91 Å². The van der Waals surface area contributed by atoms with Crippen LogP contribution in [0.4, 0.5) is 0 Å². The molecule has 0 aromatic carbocycles. The maximum absolute atomic E-state index is 11.8. The molecule has 0 radical (unpaired) electrons. The van der Waals surface area contributed by atoms with Gasteiger partial charge in [-0.2, -0.15) is 0 Å². The summed E-state index contributed by atoms with van der Waals surface area (Å²) >= 11 is 0. The number of hydrogen-bond donors (Lipinski definition) is 1. The monoisotopic (exact) mass is 224 g/mol. The molecule has 1 aromatic heterocycles. The van der Waals surface area contributed by atoms with Gasteiger partial charge >= 0.3 is 0 Å². The Kier molecular flexibility index (Phi) is 3.13. The summed E-state index contributed by atoms with van der Waals surface area (Å²) in [6, 6.07) is 1.70. The Morgan fingerprint density at radius 3 is 2.19 bits per heavy atom. The summed E-state index contributed by atoms with van der Waals surface area (Å²) in [5.41, 5.74) is 0.404. The minimum absolute atomic E-state index is 0.107. The van der Waals surface area contributed by atoms with Crippen molar-refractivity contribution in [3.63, 3.8) is 0 Å². The van der Waals surface area contributed by atoms with Gasteiger partial charge in [0, 0.05) is 17.0 Å². The average Bonchev–Trinajstić information content (AvgIpc) is 2.46. The van der Waals surface area contributed by atoms with Crippen molar-refractivity contribution < 1.29 is 9.32 Å². The van der Waals surface area contributed by atoms with Crippen LogP contribution in [0, 0.1) is 0 Å². The zero-order valence-electron chi connectivity index (χ0n) is 10.8. The van der Waals surface area contributed by atoms with Crippen molar-refractivity contribution in [1.29, 1.82) is 0 Å². The fourth-order valence-electron chi connectivity index (χ4n) is 1.14. The molecule has 0 aliphatic rings. The molecule has 0 aliphatic heterocycles. The lowest BCUT2D eigenvalue weighted by molar-refractivity contribution is 0.0881. The highest BCUT2D eigenvalue weighted by Gasteiger charge is 2.23. The number of rotatable bonds is 1. The molecule has 16 heavy (non-hydrogen) atoms. The van der Waals surface area contributed by atoms with E-state index in [1.807, 2.05) is 41.5 Å². The molecular weight excluding hydrogens is 204 g/mol. The summed E-state index contributed by atoms with van der Waals surface area (Å²) in [4.78, 5) is 11.8. The van der Waals surface area contributed by atoms with Crippen molar-refractivity contribution in [2.75, 3.05) is 0 Å². The zero-order chi connectivity index (χ0) is 12.6. The van der Waals surface area contributed by atoms with E-state index in [1.165, 1.54) is 0 Å². The van der Waals surface area contributed by atoms with Crippen molar-refractivity contribution in [3.05, 3.63) is 17.5 Å². The second kappa shape index (κ2) is 3.92. The third-order valence-electron chi connectivity index (χ3n) is 1.99. The van der Waals surface area contributed by atoms with Crippen LogP contribution < -0.4 is 5.32 Å². The van der Waals surface area contributed by atoms with E-state index >= 15 is 0 Å². The van der Waals surface area contributed by atoms with E-state index in [1.54, 1.807) is 6.07 Å². The van der Waals surface area contributed by atoms with Gasteiger partial charge in [-0.15, -0.1) is 0 Å². The van der Waals surface area contributed by atoms with Gasteiger partial charge in [-0.1, -0.05) is 25.9 Å². The number of aromatic nitrogens is 1. The molecular formula is C12H20N2O2. The summed E-state index contributed by atoms with van der Waals surface area (Å²) in [6.07, 6.45) is 0. The van der Waals surface area contributed by atoms with Crippen LogP contribution in [0.2, 0.25) is 0 Å². The molecule has 1 N–H and O–H groups in total. The van der Waals surface area contributed by atoms with Crippen LogP contribution in [0.5, 0.6) is 0 Å². The SMILES string of the molecule is CC(C)(C)NC(=O)c1cc(C(C)(C)C)no1. The first-order valence-corrected chi connectivity index (χ1v) is 5.39. The second-order valence-corrected chi connectivity index (χ2v) is 6.03. The molecule has 1 heterocycles. The first-order chi connectivity index (χ1) is 7.09. The highest BCUT2D eigenvalue weighted by Crippen LogP contribution is 2.21. The number of nitrogens with one attached hydrogen (secondary N) is 1. The molecule has 90 valence electrons. The Bertz CT molecular complexity index is 380. The highest BCUT2D eigenvalue weighted by molar-refractivity contribution is 5.91. The fraction of sp³-hybridized carbons (Fsp3) is 0.667. The Hall–Kier alpha value is -1.32. The summed E-state index contributed by atoms with van der Waals surface area (Å²) < 4.78 is 5.04. The zero-order valence-corrected chi connectivity index (χ0v) is 10.8. The second-order valence-electron chi connectivity index (χ2n) is 6.03. The van der Waals surface area contributed by atoms with Crippen LogP contribution in [0.3, 0.4) is 0 Å². The van der Waals surface area contributed by atoms with Gasteiger partial charge in [0.1, 0.15) is 0 Å². The Labute approximate surface area is 96.4 Å². The predicted octanol–water partition coefficient (Wildman–Crippen LogP) is 2.50. The number of hydrogen-bond acceptors (Lipinski definition) is 3. The van der Waals surface area contributed by atoms with Crippen LogP contribution >= 0.6 is 0 Å². The minimum atomic E-state index is -0.272. The van der Waals surface area contributed by atoms with Crippen LogP contribution in [0.25, 0.3) is 0 Å². The van der Waals surface area contributed by atoms with E-state index in [9.17, 15) is 4.79 Å². The Morgan fingerprint density at radius 1 is 1.25 bits per heavy atom. The van der Waals surface area contributed by atoms with Crippen LogP contribution in [0.1, 0.15) is 57.8 Å². The lowest BCUT2D eigenvalue weighted by Gasteiger charge is -2.19. The summed E-state index contributed by atoms with van der Waals surface area (Å²) in [7, 11) is 0. The van der Waals surface area contributed by atoms with Gasteiger partial charge in [0.15, 0.2) is 0 Å². The van der Waals surface area contributed by atoms with Gasteiger partial charge in [0.05, 0.1) is 5.69 Å². The van der Waals surface area contributed by atoms with E-state index in [0.29, 0.717) is 0 Å². The Balaban J connectivity index is 2.83. The molecule has 4 nitrogen and oxygen atoms in total. The van der Waals surface area contributed by atoms with E-state index < -0.39 is 0 Å². The topological polar surface area (TPSA) is 55.1 Å². The van der Waals surface area contributed by atoms with Crippen molar-refractivity contribution in [2.45, 2.75) is 52.5 Å². The van der Waals surface area contributed by atoms with Gasteiger partial charge in [-0.25, -0.2) is 0 Å². The van der Waals surface area contributed by atoms with Gasteiger partial charge in [0.25, 0.3) is 5.91 Å². The molecule has 0 saturated carbocycles. The molecule has 1 amide bonds. The van der Waals surface area contributed by atoms with E-state index in [4.69, 9.17) is 4.52 Å². The number of nitrogens with zero attached hydrogens (tertiary/aromatic N) is 1. The predicted molar refractivity (Wildman–Crippen MR) is 62.4 cm³/mol. The summed E-state index contributed by atoms with van der Waals surface area (Å²) in [5.74, 6) is 0.0374. The quantitative estimate of drug-likeness (QED) is 0.797.